The van der Waals surface area contributed by atoms with E-state index in [0.29, 0.717) is 39.4 Å². The van der Waals surface area contributed by atoms with E-state index in [1.54, 1.807) is 16.9 Å². The zero-order valence-electron chi connectivity index (χ0n) is 30.9. The summed E-state index contributed by atoms with van der Waals surface area (Å²) in [7, 11) is 1.88. The number of carbonyl (C=O) groups excluding carboxylic acids is 2. The average molecular weight is 755 g/mol. The third kappa shape index (κ3) is 7.07. The van der Waals surface area contributed by atoms with Crippen LogP contribution in [-0.4, -0.2) is 92.9 Å². The van der Waals surface area contributed by atoms with Crippen LogP contribution in [0, 0.1) is 18.7 Å². The Morgan fingerprint density at radius 1 is 1.00 bits per heavy atom. The molecule has 2 aromatic carbocycles. The smallest absolute Gasteiger partial charge is 0.328 e. The lowest BCUT2D eigenvalue weighted by molar-refractivity contribution is -0.120. The average Bonchev–Trinajstić information content (AvgIpc) is 3.73. The molecule has 0 aliphatic carbocycles. The van der Waals surface area contributed by atoms with E-state index in [2.05, 4.69) is 66.0 Å². The fraction of sp³-hybridized carbons (Fsp3) is 0.410. The van der Waals surface area contributed by atoms with Gasteiger partial charge in [0.15, 0.2) is 11.4 Å². The Hall–Kier alpha value is -5.21. The number of ether oxygens (including phenoxy) is 1. The number of piperidine rings is 1. The van der Waals surface area contributed by atoms with Gasteiger partial charge < -0.3 is 19.5 Å². The zero-order chi connectivity index (χ0) is 37.7. The predicted octanol–water partition coefficient (Wildman–Crippen LogP) is 6.52. The number of anilines is 3. The number of aromatic amines is 1. The number of H-pyrrole nitrogens is 1. The minimum atomic E-state index is -0.582. The van der Waals surface area contributed by atoms with Crippen LogP contribution in [0.3, 0.4) is 0 Å². The monoisotopic (exact) mass is 754 g/mol. The lowest BCUT2D eigenvalue weighted by Gasteiger charge is -2.49. The molecule has 8 rings (SSSR count). The SMILES string of the molecule is Cc1nn(C)cc1-c1nc2ncc(Cl)c(Oc3ccc(N4CCN(CC5CCN(c6ccc(N7CCC(=O)NC7=O)c(F)c6)CC5)C(C)(C)C4)cc3)c2[nH]1. The summed E-state index contributed by atoms with van der Waals surface area (Å²) < 4.78 is 23.2. The van der Waals surface area contributed by atoms with E-state index in [1.807, 2.05) is 38.4 Å². The second-order valence-electron chi connectivity index (χ2n) is 15.1. The molecule has 0 radical (unpaired) electrons. The normalized spacial score (nSPS) is 18.4. The van der Waals surface area contributed by atoms with Crippen LogP contribution in [0.15, 0.2) is 54.9 Å². The summed E-state index contributed by atoms with van der Waals surface area (Å²) in [5, 5.41) is 7.08. The molecule has 15 heteroatoms. The molecule has 6 heterocycles. The number of fused-ring (bicyclic) bond motifs is 1. The summed E-state index contributed by atoms with van der Waals surface area (Å²) >= 11 is 6.59. The number of nitrogens with one attached hydrogen (secondary N) is 2. The van der Waals surface area contributed by atoms with Crippen LogP contribution >= 0.6 is 11.6 Å². The van der Waals surface area contributed by atoms with Crippen molar-refractivity contribution in [1.82, 2.24) is 34.9 Å². The molecule has 0 atom stereocenters. The highest BCUT2D eigenvalue weighted by atomic mass is 35.5. The van der Waals surface area contributed by atoms with Crippen molar-refractivity contribution in [3.8, 4) is 22.9 Å². The van der Waals surface area contributed by atoms with Gasteiger partial charge >= 0.3 is 6.03 Å². The summed E-state index contributed by atoms with van der Waals surface area (Å²) in [5.41, 5.74) is 5.01. The van der Waals surface area contributed by atoms with E-state index in [0.717, 1.165) is 74.7 Å². The zero-order valence-corrected chi connectivity index (χ0v) is 31.7. The summed E-state index contributed by atoms with van der Waals surface area (Å²) in [4.78, 5) is 44.7. The molecule has 5 aromatic rings. The number of hydrogen-bond donors (Lipinski definition) is 2. The molecule has 3 fully saturated rings. The van der Waals surface area contributed by atoms with Crippen molar-refractivity contribution in [3.05, 3.63) is 71.4 Å². The van der Waals surface area contributed by atoms with Gasteiger partial charge in [-0.25, -0.2) is 19.2 Å². The number of aromatic nitrogens is 5. The Balaban J connectivity index is 0.860. The van der Waals surface area contributed by atoms with Gasteiger partial charge in [-0.3, -0.25) is 24.6 Å². The van der Waals surface area contributed by atoms with Crippen LogP contribution in [-0.2, 0) is 11.8 Å². The molecular formula is C39H44ClFN10O3. The maximum atomic E-state index is 15.2. The molecule has 54 heavy (non-hydrogen) atoms. The Labute approximate surface area is 318 Å². The van der Waals surface area contributed by atoms with Crippen LogP contribution in [0.1, 0.15) is 38.8 Å². The van der Waals surface area contributed by atoms with Crippen LogP contribution < -0.4 is 24.8 Å². The minimum Gasteiger partial charge on any atom is -0.453 e. The van der Waals surface area contributed by atoms with Crippen LogP contribution in [0.25, 0.3) is 22.6 Å². The van der Waals surface area contributed by atoms with Gasteiger partial charge in [-0.15, -0.1) is 0 Å². The van der Waals surface area contributed by atoms with Gasteiger partial charge in [-0.1, -0.05) is 11.6 Å². The van der Waals surface area contributed by atoms with Crippen LogP contribution in [0.2, 0.25) is 5.02 Å². The largest absolute Gasteiger partial charge is 0.453 e. The number of halogens is 2. The minimum absolute atomic E-state index is 0.0318. The lowest BCUT2D eigenvalue weighted by atomic mass is 9.91. The van der Waals surface area contributed by atoms with Gasteiger partial charge in [-0.05, 0) is 82.0 Å². The first kappa shape index (κ1) is 35.8. The molecular weight excluding hydrogens is 711 g/mol. The Bertz CT molecular complexity index is 2210. The van der Waals surface area contributed by atoms with Gasteiger partial charge in [-0.2, -0.15) is 5.10 Å². The first-order chi connectivity index (χ1) is 25.9. The number of amides is 3. The molecule has 3 aromatic heterocycles. The summed E-state index contributed by atoms with van der Waals surface area (Å²) in [6, 6.07) is 12.6. The number of urea groups is 1. The van der Waals surface area contributed by atoms with Gasteiger partial charge in [0.2, 0.25) is 5.91 Å². The molecule has 3 saturated heterocycles. The van der Waals surface area contributed by atoms with Crippen molar-refractivity contribution < 1.29 is 18.7 Å². The van der Waals surface area contributed by atoms with Crippen molar-refractivity contribution in [2.75, 3.05) is 60.5 Å². The van der Waals surface area contributed by atoms with Gasteiger partial charge in [0.05, 0.1) is 23.1 Å². The number of pyridine rings is 1. The molecule has 282 valence electrons. The number of rotatable bonds is 8. The van der Waals surface area contributed by atoms with Gasteiger partial charge in [0, 0.05) is 82.4 Å². The highest BCUT2D eigenvalue weighted by Crippen LogP contribution is 2.37. The predicted molar refractivity (Wildman–Crippen MR) is 207 cm³/mol. The molecule has 0 spiro atoms. The third-order valence-electron chi connectivity index (χ3n) is 10.9. The Morgan fingerprint density at radius 2 is 1.76 bits per heavy atom. The maximum absolute atomic E-state index is 15.2. The molecule has 3 aliphatic heterocycles. The molecule has 0 saturated carbocycles. The summed E-state index contributed by atoms with van der Waals surface area (Å²) in [6.07, 6.45) is 5.68. The molecule has 3 amide bonds. The number of aryl methyl sites for hydroxylation is 2. The molecule has 0 unspecified atom stereocenters. The fourth-order valence-electron chi connectivity index (χ4n) is 7.95. The number of imide groups is 1. The van der Waals surface area contributed by atoms with Gasteiger partial charge in [0.25, 0.3) is 0 Å². The molecule has 13 nitrogen and oxygen atoms in total. The van der Waals surface area contributed by atoms with E-state index in [-0.39, 0.29) is 30.1 Å². The molecule has 2 N–H and O–H groups in total. The van der Waals surface area contributed by atoms with Crippen LogP contribution in [0.4, 0.5) is 26.2 Å². The lowest BCUT2D eigenvalue weighted by Crippen LogP contribution is -2.60. The van der Waals surface area contributed by atoms with Crippen molar-refractivity contribution >= 4 is 51.8 Å². The van der Waals surface area contributed by atoms with E-state index in [4.69, 9.17) is 16.3 Å². The van der Waals surface area contributed by atoms with E-state index in [9.17, 15) is 9.59 Å². The number of piperazine rings is 1. The molecule has 0 bridgehead atoms. The second kappa shape index (κ2) is 14.2. The van der Waals surface area contributed by atoms with Gasteiger partial charge in [0.1, 0.15) is 27.9 Å². The summed E-state index contributed by atoms with van der Waals surface area (Å²) in [5.74, 6) is 1.55. The third-order valence-corrected chi connectivity index (χ3v) is 11.2. The van der Waals surface area contributed by atoms with Crippen LogP contribution in [0.5, 0.6) is 11.5 Å². The highest BCUT2D eigenvalue weighted by Gasteiger charge is 2.36. The molecule has 3 aliphatic rings. The number of nitrogens with zero attached hydrogens (tertiary/aromatic N) is 8. The number of benzene rings is 2. The topological polar surface area (TPSA) is 128 Å². The Morgan fingerprint density at radius 3 is 2.44 bits per heavy atom. The highest BCUT2D eigenvalue weighted by molar-refractivity contribution is 6.32. The second-order valence-corrected chi connectivity index (χ2v) is 15.5. The van der Waals surface area contributed by atoms with E-state index < -0.39 is 11.8 Å². The first-order valence-corrected chi connectivity index (χ1v) is 18.8. The van der Waals surface area contributed by atoms with Crippen molar-refractivity contribution in [1.29, 1.82) is 0 Å². The van der Waals surface area contributed by atoms with Crippen molar-refractivity contribution in [2.24, 2.45) is 13.0 Å². The number of imidazole rings is 1. The quantitative estimate of drug-likeness (QED) is 0.182. The fourth-order valence-corrected chi connectivity index (χ4v) is 8.14. The standard InChI is InChI=1S/C39H44ClFN10O3/c1-24-29(22-47(4)46-24)36-44-34-35(30(40)20-42-37(34)45-36)54-28-8-5-26(6-9-28)49-17-18-50(39(2,3)23-49)21-25-11-14-48(15-12-25)27-7-10-32(31(41)19-27)51-16-13-33(52)43-38(51)53/h5-10,19-20,22,25H,11-18,21,23H2,1-4H3,(H,42,44,45)(H,43,52,53). The number of hydrogen-bond acceptors (Lipinski definition) is 9. The van der Waals surface area contributed by atoms with E-state index in [1.165, 1.54) is 11.0 Å². The van der Waals surface area contributed by atoms with Crippen molar-refractivity contribution in [2.45, 2.75) is 45.6 Å². The summed E-state index contributed by atoms with van der Waals surface area (Å²) in [6.45, 7) is 12.2. The van der Waals surface area contributed by atoms with E-state index >= 15 is 4.39 Å². The Kier molecular flexibility index (Phi) is 9.42. The number of carbonyl (C=O) groups is 2. The maximum Gasteiger partial charge on any atom is 0.328 e. The van der Waals surface area contributed by atoms with Crippen molar-refractivity contribution in [3.63, 3.8) is 0 Å². The first-order valence-electron chi connectivity index (χ1n) is 18.4.